The van der Waals surface area contributed by atoms with Crippen molar-refractivity contribution >= 4 is 17.4 Å². The van der Waals surface area contributed by atoms with Crippen LogP contribution >= 0.6 is 11.6 Å². The van der Waals surface area contributed by atoms with Crippen LogP contribution in [0.1, 0.15) is 15.9 Å². The number of methoxy groups -OCH3 is 2. The minimum absolute atomic E-state index is 0.0927. The predicted octanol–water partition coefficient (Wildman–Crippen LogP) is 3.73. The Morgan fingerprint density at radius 3 is 2.35 bits per heavy atom. The molecule has 0 aliphatic carbocycles. The van der Waals surface area contributed by atoms with E-state index in [1.54, 1.807) is 18.2 Å². The highest BCUT2D eigenvalue weighted by molar-refractivity contribution is 6.31. The average Bonchev–Trinajstić information content (AvgIpc) is 2.46. The van der Waals surface area contributed by atoms with Gasteiger partial charge >= 0.3 is 0 Å². The summed E-state index contributed by atoms with van der Waals surface area (Å²) in [5.74, 6) is -0.620. The summed E-state index contributed by atoms with van der Waals surface area (Å²) in [6.45, 7) is 0. The van der Waals surface area contributed by atoms with Crippen LogP contribution in [0.25, 0.3) is 0 Å². The lowest BCUT2D eigenvalue weighted by atomic mass is 10.0. The Bertz CT molecular complexity index is 656. The van der Waals surface area contributed by atoms with Gasteiger partial charge in [0, 0.05) is 16.7 Å². The fraction of sp³-hybridized carbons (Fsp3) is 0.133. The van der Waals surface area contributed by atoms with Gasteiger partial charge in [0.1, 0.15) is 5.82 Å². The summed E-state index contributed by atoms with van der Waals surface area (Å²) in [5.41, 5.74) is 0.216. The van der Waals surface area contributed by atoms with Crippen molar-refractivity contribution in [3.05, 3.63) is 58.4 Å². The Kier molecular flexibility index (Phi) is 4.25. The van der Waals surface area contributed by atoms with Gasteiger partial charge in [-0.05, 0) is 18.2 Å². The summed E-state index contributed by atoms with van der Waals surface area (Å²) in [4.78, 5) is 12.3. The van der Waals surface area contributed by atoms with Gasteiger partial charge in [0.15, 0.2) is 17.3 Å². The van der Waals surface area contributed by atoms with Crippen molar-refractivity contribution in [2.24, 2.45) is 0 Å². The third kappa shape index (κ3) is 2.75. The van der Waals surface area contributed by atoms with E-state index in [0.717, 1.165) is 6.07 Å². The lowest BCUT2D eigenvalue weighted by Crippen LogP contribution is -2.05. The molecule has 0 aromatic heterocycles. The molecule has 0 heterocycles. The number of ether oxygens (including phenoxy) is 2. The molecular weight excluding hydrogens is 283 g/mol. The normalized spacial score (nSPS) is 10.2. The molecule has 0 saturated heterocycles. The molecule has 0 fully saturated rings. The lowest BCUT2D eigenvalue weighted by molar-refractivity contribution is 0.103. The van der Waals surface area contributed by atoms with E-state index in [9.17, 15) is 9.18 Å². The molecule has 2 aromatic rings. The summed E-state index contributed by atoms with van der Waals surface area (Å²) in [7, 11) is 2.82. The number of hydrogen-bond acceptors (Lipinski definition) is 3. The van der Waals surface area contributed by atoms with Gasteiger partial charge in [-0.3, -0.25) is 4.79 Å². The molecule has 20 heavy (non-hydrogen) atoms. The molecule has 3 nitrogen and oxygen atoms in total. The fourth-order valence-electron chi connectivity index (χ4n) is 1.81. The second-order valence-corrected chi connectivity index (χ2v) is 4.46. The minimum Gasteiger partial charge on any atom is -0.493 e. The molecule has 104 valence electrons. The zero-order valence-corrected chi connectivity index (χ0v) is 11.7. The van der Waals surface area contributed by atoms with Crippen LogP contribution < -0.4 is 9.47 Å². The number of carbonyl (C=O) groups excluding carboxylic acids is 1. The predicted molar refractivity (Wildman–Crippen MR) is 74.4 cm³/mol. The first-order valence-electron chi connectivity index (χ1n) is 5.78. The highest BCUT2D eigenvalue weighted by Crippen LogP contribution is 2.31. The Labute approximate surface area is 120 Å². The molecule has 0 aliphatic heterocycles. The smallest absolute Gasteiger partial charge is 0.196 e. The molecule has 2 rings (SSSR count). The van der Waals surface area contributed by atoms with E-state index in [-0.39, 0.29) is 11.3 Å². The van der Waals surface area contributed by atoms with E-state index < -0.39 is 11.6 Å². The molecule has 0 N–H and O–H groups in total. The van der Waals surface area contributed by atoms with Crippen LogP contribution in [0, 0.1) is 5.82 Å². The fourth-order valence-corrected chi connectivity index (χ4v) is 2.00. The second kappa shape index (κ2) is 5.92. The summed E-state index contributed by atoms with van der Waals surface area (Å²) < 4.78 is 24.1. The third-order valence-corrected chi connectivity index (χ3v) is 3.04. The summed E-state index contributed by atoms with van der Waals surface area (Å²) >= 11 is 5.83. The Balaban J connectivity index is 2.49. The lowest BCUT2D eigenvalue weighted by Gasteiger charge is -2.10. The summed E-state index contributed by atoms with van der Waals surface area (Å²) in [6.07, 6.45) is 0. The van der Waals surface area contributed by atoms with Crippen molar-refractivity contribution in [2.75, 3.05) is 14.2 Å². The Morgan fingerprint density at radius 1 is 1.10 bits per heavy atom. The molecule has 0 amide bonds. The van der Waals surface area contributed by atoms with Crippen molar-refractivity contribution < 1.29 is 18.7 Å². The number of benzene rings is 2. The molecule has 0 aliphatic rings. The number of hydrogen-bond donors (Lipinski definition) is 0. The topological polar surface area (TPSA) is 35.5 Å². The number of rotatable bonds is 4. The molecule has 0 bridgehead atoms. The van der Waals surface area contributed by atoms with Crippen molar-refractivity contribution in [3.8, 4) is 11.5 Å². The maximum atomic E-state index is 14.0. The highest BCUT2D eigenvalue weighted by Gasteiger charge is 2.18. The van der Waals surface area contributed by atoms with E-state index >= 15 is 0 Å². The van der Waals surface area contributed by atoms with Gasteiger partial charge in [-0.15, -0.1) is 0 Å². The van der Waals surface area contributed by atoms with Crippen LogP contribution in [0.2, 0.25) is 5.02 Å². The van der Waals surface area contributed by atoms with Crippen molar-refractivity contribution in [3.63, 3.8) is 0 Å². The number of ketones is 1. The first-order valence-corrected chi connectivity index (χ1v) is 6.16. The van der Waals surface area contributed by atoms with Crippen LogP contribution in [0.5, 0.6) is 11.5 Å². The molecule has 0 saturated carbocycles. The molecule has 0 spiro atoms. The van der Waals surface area contributed by atoms with Crippen molar-refractivity contribution in [2.45, 2.75) is 0 Å². The molecule has 0 unspecified atom stereocenters. The minimum atomic E-state index is -0.673. The molecule has 2 aromatic carbocycles. The van der Waals surface area contributed by atoms with Crippen molar-refractivity contribution in [1.82, 2.24) is 0 Å². The van der Waals surface area contributed by atoms with Gasteiger partial charge in [-0.25, -0.2) is 4.39 Å². The van der Waals surface area contributed by atoms with E-state index in [1.807, 2.05) is 0 Å². The van der Waals surface area contributed by atoms with Gasteiger partial charge in [-0.2, -0.15) is 0 Å². The van der Waals surface area contributed by atoms with Gasteiger partial charge in [0.05, 0.1) is 19.8 Å². The van der Waals surface area contributed by atoms with E-state index in [4.69, 9.17) is 21.1 Å². The van der Waals surface area contributed by atoms with E-state index in [1.165, 1.54) is 26.4 Å². The van der Waals surface area contributed by atoms with Crippen LogP contribution in [-0.4, -0.2) is 20.0 Å². The van der Waals surface area contributed by atoms with Crippen LogP contribution in [-0.2, 0) is 0 Å². The number of halogens is 2. The maximum absolute atomic E-state index is 14.0. The van der Waals surface area contributed by atoms with E-state index in [0.29, 0.717) is 16.3 Å². The summed E-state index contributed by atoms with van der Waals surface area (Å²) in [6, 6.07) is 8.77. The maximum Gasteiger partial charge on any atom is 0.196 e. The van der Waals surface area contributed by atoms with Gasteiger partial charge in [-0.1, -0.05) is 23.7 Å². The Hall–Kier alpha value is -2.07. The quantitative estimate of drug-likeness (QED) is 0.806. The largest absolute Gasteiger partial charge is 0.493 e. The number of carbonyl (C=O) groups is 1. The Morgan fingerprint density at radius 2 is 1.75 bits per heavy atom. The third-order valence-electron chi connectivity index (χ3n) is 2.80. The van der Waals surface area contributed by atoms with Crippen LogP contribution in [0.15, 0.2) is 36.4 Å². The zero-order valence-electron chi connectivity index (χ0n) is 10.9. The highest BCUT2D eigenvalue weighted by atomic mass is 35.5. The van der Waals surface area contributed by atoms with Crippen molar-refractivity contribution in [1.29, 1.82) is 0 Å². The van der Waals surface area contributed by atoms with E-state index in [2.05, 4.69) is 0 Å². The van der Waals surface area contributed by atoms with Gasteiger partial charge < -0.3 is 9.47 Å². The average molecular weight is 295 g/mol. The first kappa shape index (κ1) is 14.3. The van der Waals surface area contributed by atoms with Gasteiger partial charge in [0.2, 0.25) is 0 Å². The molecule has 0 atom stereocenters. The second-order valence-electron chi connectivity index (χ2n) is 4.03. The first-order chi connectivity index (χ1) is 9.56. The van der Waals surface area contributed by atoms with Crippen LogP contribution in [0.4, 0.5) is 4.39 Å². The monoisotopic (exact) mass is 294 g/mol. The van der Waals surface area contributed by atoms with Crippen LogP contribution in [0.3, 0.4) is 0 Å². The molecular formula is C15H12ClFO3. The standard InChI is InChI=1S/C15H12ClFO3/c1-19-13-7-11(12(17)8-14(13)20-2)15(18)9-4-3-5-10(16)6-9/h3-8H,1-2H3. The zero-order chi connectivity index (χ0) is 14.7. The molecule has 0 radical (unpaired) electrons. The molecule has 5 heteroatoms. The summed E-state index contributed by atoms with van der Waals surface area (Å²) in [5, 5.41) is 0.414. The van der Waals surface area contributed by atoms with Gasteiger partial charge in [0.25, 0.3) is 0 Å². The SMILES string of the molecule is COc1cc(F)c(C(=O)c2cccc(Cl)c2)cc1OC.